The van der Waals surface area contributed by atoms with Gasteiger partial charge in [0, 0.05) is 42.6 Å². The Kier molecular flexibility index (Phi) is 5.14. The maximum atomic E-state index is 12.2. The number of ether oxygens (including phenoxy) is 1. The largest absolute Gasteiger partial charge is 0.379 e. The number of amides is 1. The summed E-state index contributed by atoms with van der Waals surface area (Å²) in [5, 5.41) is 6.43. The molecule has 114 valence electrons. The van der Waals surface area contributed by atoms with Gasteiger partial charge in [0.05, 0.1) is 19.3 Å². The van der Waals surface area contributed by atoms with Crippen LogP contribution in [0.2, 0.25) is 0 Å². The number of carbonyl (C=O) groups excluding carboxylic acids is 1. The lowest BCUT2D eigenvalue weighted by molar-refractivity contribution is -0.123. The molecule has 1 amide bonds. The molecule has 20 heavy (non-hydrogen) atoms. The lowest BCUT2D eigenvalue weighted by Crippen LogP contribution is -2.60. The third-order valence-electron chi connectivity index (χ3n) is 4.39. The lowest BCUT2D eigenvalue weighted by Gasteiger charge is -2.43. The van der Waals surface area contributed by atoms with Crippen LogP contribution in [-0.2, 0) is 9.53 Å². The van der Waals surface area contributed by atoms with Crippen molar-refractivity contribution in [2.45, 2.75) is 18.0 Å². The molecule has 0 aliphatic carbocycles. The van der Waals surface area contributed by atoms with E-state index in [1.165, 1.54) is 12.2 Å². The van der Waals surface area contributed by atoms with Gasteiger partial charge in [0.15, 0.2) is 0 Å². The molecule has 0 spiro atoms. The molecular formula is C13H23N3O2S2. The SMILES string of the molecule is O=C(NCC1(N2CCOCC2)CCSC1)C1CSCN1. The molecule has 3 aliphatic heterocycles. The molecule has 0 bridgehead atoms. The molecule has 2 unspecified atom stereocenters. The van der Waals surface area contributed by atoms with Crippen molar-refractivity contribution >= 4 is 29.4 Å². The highest BCUT2D eigenvalue weighted by Crippen LogP contribution is 2.33. The number of rotatable bonds is 4. The normalized spacial score (nSPS) is 35.3. The first kappa shape index (κ1) is 15.0. The first-order valence-corrected chi connectivity index (χ1v) is 9.61. The van der Waals surface area contributed by atoms with Gasteiger partial charge in [0.25, 0.3) is 0 Å². The van der Waals surface area contributed by atoms with Crippen molar-refractivity contribution in [2.24, 2.45) is 0 Å². The Balaban J connectivity index is 1.57. The summed E-state index contributed by atoms with van der Waals surface area (Å²) < 4.78 is 5.46. The van der Waals surface area contributed by atoms with E-state index in [-0.39, 0.29) is 17.5 Å². The van der Waals surface area contributed by atoms with Crippen molar-refractivity contribution in [1.82, 2.24) is 15.5 Å². The van der Waals surface area contributed by atoms with Crippen LogP contribution in [0.4, 0.5) is 0 Å². The van der Waals surface area contributed by atoms with Crippen molar-refractivity contribution in [2.75, 3.05) is 56.0 Å². The van der Waals surface area contributed by atoms with Gasteiger partial charge in [-0.3, -0.25) is 15.0 Å². The second-order valence-electron chi connectivity index (χ2n) is 5.62. The van der Waals surface area contributed by atoms with E-state index in [0.29, 0.717) is 0 Å². The molecule has 3 saturated heterocycles. The van der Waals surface area contributed by atoms with Gasteiger partial charge in [-0.05, 0) is 12.2 Å². The van der Waals surface area contributed by atoms with E-state index in [2.05, 4.69) is 15.5 Å². The molecule has 3 rings (SSSR count). The maximum absolute atomic E-state index is 12.2. The molecular weight excluding hydrogens is 294 g/mol. The van der Waals surface area contributed by atoms with Crippen LogP contribution in [0.3, 0.4) is 0 Å². The van der Waals surface area contributed by atoms with Gasteiger partial charge in [0.1, 0.15) is 0 Å². The van der Waals surface area contributed by atoms with Crippen LogP contribution in [0.1, 0.15) is 6.42 Å². The summed E-state index contributed by atoms with van der Waals surface area (Å²) in [5.41, 5.74) is 0.149. The van der Waals surface area contributed by atoms with Crippen LogP contribution in [0, 0.1) is 0 Å². The zero-order valence-electron chi connectivity index (χ0n) is 11.7. The molecule has 0 aromatic carbocycles. The number of hydrogen-bond donors (Lipinski definition) is 2. The number of thioether (sulfide) groups is 2. The summed E-state index contributed by atoms with van der Waals surface area (Å²) in [7, 11) is 0. The molecule has 2 atom stereocenters. The average molecular weight is 317 g/mol. The highest BCUT2D eigenvalue weighted by Gasteiger charge is 2.41. The summed E-state index contributed by atoms with van der Waals surface area (Å²) in [6.07, 6.45) is 1.17. The van der Waals surface area contributed by atoms with E-state index in [1.807, 2.05) is 11.8 Å². The molecule has 3 aliphatic rings. The van der Waals surface area contributed by atoms with E-state index < -0.39 is 0 Å². The summed E-state index contributed by atoms with van der Waals surface area (Å²) in [6.45, 7) is 4.41. The Morgan fingerprint density at radius 3 is 2.90 bits per heavy atom. The van der Waals surface area contributed by atoms with Gasteiger partial charge in [-0.25, -0.2) is 0 Å². The fourth-order valence-electron chi connectivity index (χ4n) is 3.07. The smallest absolute Gasteiger partial charge is 0.238 e. The van der Waals surface area contributed by atoms with Gasteiger partial charge < -0.3 is 10.1 Å². The van der Waals surface area contributed by atoms with Crippen LogP contribution in [0.5, 0.6) is 0 Å². The minimum Gasteiger partial charge on any atom is -0.379 e. The highest BCUT2D eigenvalue weighted by atomic mass is 32.2. The Morgan fingerprint density at radius 2 is 2.25 bits per heavy atom. The molecule has 3 fully saturated rings. The Bertz CT molecular complexity index is 339. The van der Waals surface area contributed by atoms with Crippen molar-refractivity contribution in [3.8, 4) is 0 Å². The zero-order valence-corrected chi connectivity index (χ0v) is 13.4. The maximum Gasteiger partial charge on any atom is 0.238 e. The number of nitrogens with one attached hydrogen (secondary N) is 2. The number of morpholine rings is 1. The van der Waals surface area contributed by atoms with E-state index in [9.17, 15) is 4.79 Å². The van der Waals surface area contributed by atoms with Crippen LogP contribution < -0.4 is 10.6 Å². The fourth-order valence-corrected chi connectivity index (χ4v) is 5.49. The monoisotopic (exact) mass is 317 g/mol. The first-order valence-electron chi connectivity index (χ1n) is 7.30. The van der Waals surface area contributed by atoms with Crippen molar-refractivity contribution in [1.29, 1.82) is 0 Å². The van der Waals surface area contributed by atoms with Crippen molar-refractivity contribution < 1.29 is 9.53 Å². The number of nitrogens with zero attached hydrogens (tertiary/aromatic N) is 1. The van der Waals surface area contributed by atoms with Crippen LogP contribution >= 0.6 is 23.5 Å². The molecule has 0 aromatic rings. The Hall–Kier alpha value is 0.0500. The summed E-state index contributed by atoms with van der Waals surface area (Å²) in [6, 6.07) is -0.00389. The van der Waals surface area contributed by atoms with Crippen LogP contribution in [0.15, 0.2) is 0 Å². The van der Waals surface area contributed by atoms with Gasteiger partial charge in [-0.2, -0.15) is 11.8 Å². The molecule has 5 nitrogen and oxygen atoms in total. The predicted molar refractivity (Wildman–Crippen MR) is 84.3 cm³/mol. The van der Waals surface area contributed by atoms with Gasteiger partial charge in [0.2, 0.25) is 5.91 Å². The molecule has 3 heterocycles. The van der Waals surface area contributed by atoms with Gasteiger partial charge in [-0.1, -0.05) is 0 Å². The van der Waals surface area contributed by atoms with E-state index >= 15 is 0 Å². The van der Waals surface area contributed by atoms with Gasteiger partial charge >= 0.3 is 0 Å². The minimum atomic E-state index is -0.00389. The van der Waals surface area contributed by atoms with Crippen molar-refractivity contribution in [3.63, 3.8) is 0 Å². The summed E-state index contributed by atoms with van der Waals surface area (Å²) in [4.78, 5) is 14.7. The third kappa shape index (κ3) is 3.27. The molecule has 0 aromatic heterocycles. The Labute approximate surface area is 128 Å². The fraction of sp³-hybridized carbons (Fsp3) is 0.923. The highest BCUT2D eigenvalue weighted by molar-refractivity contribution is 7.99. The number of carbonyl (C=O) groups is 1. The van der Waals surface area contributed by atoms with Crippen LogP contribution in [0.25, 0.3) is 0 Å². The second kappa shape index (κ2) is 6.87. The molecule has 7 heteroatoms. The summed E-state index contributed by atoms with van der Waals surface area (Å²) >= 11 is 3.80. The standard InChI is InChI=1S/C13H23N3O2S2/c17-12(11-7-20-10-15-11)14-8-13(1-6-19-9-13)16-2-4-18-5-3-16/h11,15H,1-10H2,(H,14,17). The molecule has 2 N–H and O–H groups in total. The molecule has 0 radical (unpaired) electrons. The quantitative estimate of drug-likeness (QED) is 0.760. The minimum absolute atomic E-state index is 0.00389. The molecule has 0 saturated carbocycles. The van der Waals surface area contributed by atoms with Crippen LogP contribution in [-0.4, -0.2) is 78.4 Å². The van der Waals surface area contributed by atoms with E-state index in [0.717, 1.165) is 50.2 Å². The third-order valence-corrected chi connectivity index (χ3v) is 6.56. The lowest BCUT2D eigenvalue weighted by atomic mass is 9.95. The van der Waals surface area contributed by atoms with E-state index in [1.54, 1.807) is 11.8 Å². The second-order valence-corrected chi connectivity index (χ2v) is 7.75. The van der Waals surface area contributed by atoms with Crippen molar-refractivity contribution in [3.05, 3.63) is 0 Å². The van der Waals surface area contributed by atoms with Gasteiger partial charge in [-0.15, -0.1) is 11.8 Å². The predicted octanol–water partition coefficient (Wildman–Crippen LogP) is -0.0270. The first-order chi connectivity index (χ1) is 9.80. The zero-order chi connectivity index (χ0) is 13.8. The average Bonchev–Trinajstić information content (AvgIpc) is 3.18. The topological polar surface area (TPSA) is 53.6 Å². The number of hydrogen-bond acceptors (Lipinski definition) is 6. The van der Waals surface area contributed by atoms with E-state index in [4.69, 9.17) is 4.74 Å². The summed E-state index contributed by atoms with van der Waals surface area (Å²) in [5.74, 6) is 4.28. The Morgan fingerprint density at radius 1 is 1.40 bits per heavy atom.